The molecule has 0 aliphatic heterocycles. The van der Waals surface area contributed by atoms with Crippen LogP contribution in [0.3, 0.4) is 0 Å². The zero-order chi connectivity index (χ0) is 14.5. The van der Waals surface area contributed by atoms with E-state index in [-0.39, 0.29) is 6.04 Å². The molecule has 108 valence electrons. The van der Waals surface area contributed by atoms with E-state index in [1.54, 1.807) is 11.8 Å². The molecule has 0 saturated heterocycles. The maximum absolute atomic E-state index is 6.08. The Balaban J connectivity index is 1.94. The van der Waals surface area contributed by atoms with Gasteiger partial charge in [-0.1, -0.05) is 61.9 Å². The van der Waals surface area contributed by atoms with E-state index >= 15 is 0 Å². The Hall–Kier alpha value is -1.33. The summed E-state index contributed by atoms with van der Waals surface area (Å²) in [6.45, 7) is 6.28. The molecule has 2 atom stereocenters. The quantitative estimate of drug-likeness (QED) is 0.822. The van der Waals surface area contributed by atoms with E-state index < -0.39 is 0 Å². The van der Waals surface area contributed by atoms with Gasteiger partial charge in [-0.2, -0.15) is 0 Å². The molecule has 1 aromatic carbocycles. The van der Waals surface area contributed by atoms with Crippen LogP contribution in [0.4, 0.5) is 0 Å². The highest BCUT2D eigenvalue weighted by atomic mass is 32.2. The van der Waals surface area contributed by atoms with Crippen LogP contribution in [-0.4, -0.2) is 10.2 Å². The van der Waals surface area contributed by atoms with Gasteiger partial charge < -0.3 is 10.2 Å². The van der Waals surface area contributed by atoms with E-state index in [2.05, 4.69) is 55.2 Å². The largest absolute Gasteiger partial charge is 0.414 e. The number of benzene rings is 1. The monoisotopic (exact) mass is 291 g/mol. The lowest BCUT2D eigenvalue weighted by molar-refractivity contribution is 0.333. The number of aromatic nitrogens is 2. The SMILES string of the molecule is CC[C@@H](C)[C@@H](N)c1nnc(SCc2ccc(C)cc2)o1. The molecule has 5 heteroatoms. The molecule has 2 aromatic rings. The summed E-state index contributed by atoms with van der Waals surface area (Å²) < 4.78 is 5.63. The van der Waals surface area contributed by atoms with Crippen molar-refractivity contribution in [3.05, 3.63) is 41.3 Å². The summed E-state index contributed by atoms with van der Waals surface area (Å²) >= 11 is 1.54. The van der Waals surface area contributed by atoms with Gasteiger partial charge in [0.05, 0.1) is 6.04 Å². The molecule has 20 heavy (non-hydrogen) atoms. The maximum atomic E-state index is 6.08. The molecule has 0 saturated carbocycles. The molecule has 0 aliphatic carbocycles. The first-order valence-electron chi connectivity index (χ1n) is 6.87. The molecule has 0 spiro atoms. The van der Waals surface area contributed by atoms with Crippen molar-refractivity contribution in [1.29, 1.82) is 0 Å². The summed E-state index contributed by atoms with van der Waals surface area (Å²) in [5, 5.41) is 8.68. The second-order valence-corrected chi connectivity index (χ2v) is 6.02. The summed E-state index contributed by atoms with van der Waals surface area (Å²) in [6.07, 6.45) is 0.995. The van der Waals surface area contributed by atoms with E-state index in [9.17, 15) is 0 Å². The van der Waals surface area contributed by atoms with E-state index in [0.29, 0.717) is 17.0 Å². The van der Waals surface area contributed by atoms with E-state index in [0.717, 1.165) is 12.2 Å². The van der Waals surface area contributed by atoms with Crippen molar-refractivity contribution in [2.45, 2.75) is 44.2 Å². The minimum atomic E-state index is -0.179. The van der Waals surface area contributed by atoms with Crippen LogP contribution in [-0.2, 0) is 5.75 Å². The van der Waals surface area contributed by atoms with Gasteiger partial charge in [-0.05, 0) is 18.4 Å². The van der Waals surface area contributed by atoms with Crippen LogP contribution in [0, 0.1) is 12.8 Å². The lowest BCUT2D eigenvalue weighted by Crippen LogP contribution is -2.18. The summed E-state index contributed by atoms with van der Waals surface area (Å²) in [5.74, 6) is 1.69. The lowest BCUT2D eigenvalue weighted by atomic mass is 10.0. The third kappa shape index (κ3) is 3.84. The Labute approximate surface area is 124 Å². The average Bonchev–Trinajstić information content (AvgIpc) is 2.94. The molecule has 0 unspecified atom stereocenters. The normalized spacial score (nSPS) is 14.2. The molecule has 1 heterocycles. The standard InChI is InChI=1S/C15H21N3OS/c1-4-11(3)13(16)14-17-18-15(19-14)20-9-12-7-5-10(2)6-8-12/h5-8,11,13H,4,9,16H2,1-3H3/t11-,13-/m1/s1. The molecule has 2 rings (SSSR count). The zero-order valence-corrected chi connectivity index (χ0v) is 13.0. The van der Waals surface area contributed by atoms with Gasteiger partial charge in [0.1, 0.15) is 0 Å². The highest BCUT2D eigenvalue weighted by Gasteiger charge is 2.19. The predicted octanol–water partition coefficient (Wildman–Crippen LogP) is 3.72. The average molecular weight is 291 g/mol. The van der Waals surface area contributed by atoms with Gasteiger partial charge in [-0.25, -0.2) is 0 Å². The Bertz CT molecular complexity index is 538. The first kappa shape index (κ1) is 15.1. The molecular formula is C15H21N3OS. The van der Waals surface area contributed by atoms with Crippen molar-refractivity contribution in [2.24, 2.45) is 11.7 Å². The Morgan fingerprint density at radius 2 is 1.95 bits per heavy atom. The number of hydrogen-bond donors (Lipinski definition) is 1. The van der Waals surface area contributed by atoms with E-state index in [1.807, 2.05) is 0 Å². The molecule has 0 fully saturated rings. The molecule has 0 bridgehead atoms. The fraction of sp³-hybridized carbons (Fsp3) is 0.467. The third-order valence-corrected chi connectivity index (χ3v) is 4.34. The number of nitrogens with two attached hydrogens (primary N) is 1. The van der Waals surface area contributed by atoms with Crippen molar-refractivity contribution in [3.8, 4) is 0 Å². The Morgan fingerprint density at radius 1 is 1.25 bits per heavy atom. The van der Waals surface area contributed by atoms with Gasteiger partial charge in [-0.15, -0.1) is 10.2 Å². The van der Waals surface area contributed by atoms with Crippen LogP contribution < -0.4 is 5.73 Å². The second kappa shape index (κ2) is 6.90. The molecule has 0 amide bonds. The Kier molecular flexibility index (Phi) is 5.20. The first-order chi connectivity index (χ1) is 9.60. The van der Waals surface area contributed by atoms with Crippen LogP contribution >= 0.6 is 11.8 Å². The summed E-state index contributed by atoms with van der Waals surface area (Å²) in [6, 6.07) is 8.26. The van der Waals surface area contributed by atoms with Gasteiger partial charge in [0.25, 0.3) is 5.22 Å². The van der Waals surface area contributed by atoms with Crippen molar-refractivity contribution in [1.82, 2.24) is 10.2 Å². The molecule has 4 nitrogen and oxygen atoms in total. The highest BCUT2D eigenvalue weighted by Crippen LogP contribution is 2.26. The van der Waals surface area contributed by atoms with Crippen molar-refractivity contribution < 1.29 is 4.42 Å². The minimum Gasteiger partial charge on any atom is -0.414 e. The zero-order valence-electron chi connectivity index (χ0n) is 12.2. The van der Waals surface area contributed by atoms with Gasteiger partial charge >= 0.3 is 0 Å². The van der Waals surface area contributed by atoms with Crippen LogP contribution in [0.1, 0.15) is 43.3 Å². The fourth-order valence-corrected chi connectivity index (χ4v) is 2.47. The van der Waals surface area contributed by atoms with Crippen LogP contribution in [0.25, 0.3) is 0 Å². The molecule has 2 N–H and O–H groups in total. The van der Waals surface area contributed by atoms with Gasteiger partial charge in [0, 0.05) is 5.75 Å². The highest BCUT2D eigenvalue weighted by molar-refractivity contribution is 7.98. The molecule has 0 radical (unpaired) electrons. The third-order valence-electron chi connectivity index (χ3n) is 3.45. The number of thioether (sulfide) groups is 1. The van der Waals surface area contributed by atoms with Gasteiger partial charge in [0.2, 0.25) is 5.89 Å². The van der Waals surface area contributed by atoms with Crippen molar-refractivity contribution >= 4 is 11.8 Å². The van der Waals surface area contributed by atoms with E-state index in [4.69, 9.17) is 10.2 Å². The number of aryl methyl sites for hydroxylation is 1. The smallest absolute Gasteiger partial charge is 0.276 e. The first-order valence-corrected chi connectivity index (χ1v) is 7.86. The second-order valence-electron chi connectivity index (χ2n) is 5.09. The molecular weight excluding hydrogens is 270 g/mol. The van der Waals surface area contributed by atoms with Crippen LogP contribution in [0.15, 0.2) is 33.9 Å². The lowest BCUT2D eigenvalue weighted by Gasteiger charge is -2.13. The van der Waals surface area contributed by atoms with Gasteiger partial charge in [-0.3, -0.25) is 0 Å². The Morgan fingerprint density at radius 3 is 2.60 bits per heavy atom. The van der Waals surface area contributed by atoms with Crippen LogP contribution in [0.5, 0.6) is 0 Å². The van der Waals surface area contributed by atoms with Crippen molar-refractivity contribution in [3.63, 3.8) is 0 Å². The molecule has 0 aliphatic rings. The summed E-state index contributed by atoms with van der Waals surface area (Å²) in [4.78, 5) is 0. The van der Waals surface area contributed by atoms with Gasteiger partial charge in [0.15, 0.2) is 0 Å². The number of rotatable bonds is 6. The van der Waals surface area contributed by atoms with Crippen LogP contribution in [0.2, 0.25) is 0 Å². The molecule has 1 aromatic heterocycles. The summed E-state index contributed by atoms with van der Waals surface area (Å²) in [7, 11) is 0. The number of hydrogen-bond acceptors (Lipinski definition) is 5. The van der Waals surface area contributed by atoms with Crippen molar-refractivity contribution in [2.75, 3.05) is 0 Å². The maximum Gasteiger partial charge on any atom is 0.276 e. The predicted molar refractivity (Wildman–Crippen MR) is 81.4 cm³/mol. The fourth-order valence-electron chi connectivity index (χ4n) is 1.74. The van der Waals surface area contributed by atoms with E-state index in [1.165, 1.54) is 11.1 Å². The summed E-state index contributed by atoms with van der Waals surface area (Å²) in [5.41, 5.74) is 8.59. The number of nitrogens with zero attached hydrogens (tertiary/aromatic N) is 2. The minimum absolute atomic E-state index is 0.179. The topological polar surface area (TPSA) is 64.9 Å².